The number of Topliss-reactive ketones (excluding diaryl/α,β-unsaturated/α-hetero) is 1. The Bertz CT molecular complexity index is 1380. The van der Waals surface area contributed by atoms with Gasteiger partial charge in [0.2, 0.25) is 0 Å². The van der Waals surface area contributed by atoms with Crippen LogP contribution in [0.15, 0.2) is 83.5 Å². The number of hydrogen-bond donors (Lipinski definition) is 2. The second-order valence-corrected chi connectivity index (χ2v) is 8.90. The fourth-order valence-electron chi connectivity index (χ4n) is 3.60. The summed E-state index contributed by atoms with van der Waals surface area (Å²) in [5.74, 6) is -1.47. The van der Waals surface area contributed by atoms with Crippen molar-refractivity contribution in [1.82, 2.24) is 10.2 Å². The fourth-order valence-corrected chi connectivity index (χ4v) is 4.04. The van der Waals surface area contributed by atoms with E-state index >= 15 is 0 Å². The number of hydrogen-bond acceptors (Lipinski definition) is 5. The predicted octanol–water partition coefficient (Wildman–Crippen LogP) is 4.90. The minimum Gasteiger partial charge on any atom is -0.375 e. The third-order valence-corrected chi connectivity index (χ3v) is 6.35. The first-order chi connectivity index (χ1) is 17.2. The third kappa shape index (κ3) is 5.48. The molecular weight excluding hydrogens is 501 g/mol. The van der Waals surface area contributed by atoms with Gasteiger partial charge in [-0.25, -0.2) is 0 Å². The van der Waals surface area contributed by atoms with Gasteiger partial charge in [-0.3, -0.25) is 24.1 Å². The number of carbonyl (C=O) groups is 4. The Hall–Kier alpha value is -3.94. The van der Waals surface area contributed by atoms with Crippen LogP contribution < -0.4 is 10.6 Å². The normalized spacial score (nSPS) is 13.2. The summed E-state index contributed by atoms with van der Waals surface area (Å²) < 4.78 is 0. The van der Waals surface area contributed by atoms with E-state index in [9.17, 15) is 19.2 Å². The predicted molar refractivity (Wildman–Crippen MR) is 138 cm³/mol. The molecule has 4 rings (SSSR count). The zero-order valence-electron chi connectivity index (χ0n) is 19.2. The molecule has 2 N–H and O–H groups in total. The number of carbonyl (C=O) groups excluding carboxylic acids is 4. The van der Waals surface area contributed by atoms with E-state index < -0.39 is 11.8 Å². The van der Waals surface area contributed by atoms with E-state index in [0.717, 1.165) is 10.5 Å². The van der Waals surface area contributed by atoms with Crippen molar-refractivity contribution in [3.05, 3.63) is 111 Å². The van der Waals surface area contributed by atoms with Crippen molar-refractivity contribution in [3.63, 3.8) is 0 Å². The molecule has 1 aliphatic heterocycles. The van der Waals surface area contributed by atoms with Crippen LogP contribution in [0.5, 0.6) is 0 Å². The van der Waals surface area contributed by atoms with Gasteiger partial charge in [-0.1, -0.05) is 53.5 Å². The first-order valence-corrected chi connectivity index (χ1v) is 11.7. The quantitative estimate of drug-likeness (QED) is 0.324. The van der Waals surface area contributed by atoms with Crippen LogP contribution >= 0.6 is 23.2 Å². The molecule has 0 fully saturated rings. The van der Waals surface area contributed by atoms with Crippen LogP contribution in [0.4, 0.5) is 5.69 Å². The molecule has 9 heteroatoms. The van der Waals surface area contributed by atoms with Crippen molar-refractivity contribution < 1.29 is 19.2 Å². The molecule has 0 aliphatic carbocycles. The monoisotopic (exact) mass is 521 g/mol. The molecule has 36 heavy (non-hydrogen) atoms. The zero-order valence-corrected chi connectivity index (χ0v) is 20.7. The smallest absolute Gasteiger partial charge is 0.278 e. The lowest BCUT2D eigenvalue weighted by atomic mass is 10.1. The van der Waals surface area contributed by atoms with Crippen molar-refractivity contribution in [2.75, 3.05) is 5.32 Å². The van der Waals surface area contributed by atoms with Gasteiger partial charge in [0.05, 0.1) is 6.54 Å². The maximum Gasteiger partial charge on any atom is 0.278 e. The van der Waals surface area contributed by atoms with Crippen LogP contribution in [0.3, 0.4) is 0 Å². The molecule has 0 aromatic heterocycles. The van der Waals surface area contributed by atoms with Gasteiger partial charge in [0.1, 0.15) is 10.7 Å². The van der Waals surface area contributed by atoms with E-state index in [4.69, 9.17) is 23.2 Å². The van der Waals surface area contributed by atoms with Crippen LogP contribution in [-0.2, 0) is 22.7 Å². The number of ketones is 1. The maximum absolute atomic E-state index is 12.8. The van der Waals surface area contributed by atoms with Gasteiger partial charge in [-0.05, 0) is 60.5 Å². The van der Waals surface area contributed by atoms with Crippen LogP contribution in [0.1, 0.15) is 38.8 Å². The molecule has 0 saturated heterocycles. The Morgan fingerprint density at radius 1 is 0.833 bits per heavy atom. The maximum atomic E-state index is 12.8. The number of rotatable bonds is 8. The highest BCUT2D eigenvalue weighted by Crippen LogP contribution is 2.26. The minimum absolute atomic E-state index is 0.0139. The molecule has 3 amide bonds. The highest BCUT2D eigenvalue weighted by Gasteiger charge is 2.37. The molecular formula is C27H21Cl2N3O4. The minimum atomic E-state index is -0.590. The van der Waals surface area contributed by atoms with Crippen molar-refractivity contribution in [2.24, 2.45) is 0 Å². The van der Waals surface area contributed by atoms with Gasteiger partial charge in [0.25, 0.3) is 17.7 Å². The number of benzene rings is 3. The van der Waals surface area contributed by atoms with Crippen LogP contribution in [0, 0.1) is 0 Å². The first kappa shape index (κ1) is 25.2. The molecule has 0 radical (unpaired) electrons. The van der Waals surface area contributed by atoms with Crippen molar-refractivity contribution in [2.45, 2.75) is 20.0 Å². The number of anilines is 1. The SMILES string of the molecule is CC(=O)c1ccc(NC(=O)c2ccc(CNC3=C(Cl)C(=O)N(Cc4ccccc4Cl)C3=O)cc2)cc1. The lowest BCUT2D eigenvalue weighted by Gasteiger charge is -2.16. The highest BCUT2D eigenvalue weighted by atomic mass is 35.5. The molecule has 1 aliphatic rings. The molecule has 0 saturated carbocycles. The van der Waals surface area contributed by atoms with Crippen LogP contribution in [0.2, 0.25) is 5.02 Å². The number of nitrogens with one attached hydrogen (secondary N) is 2. The number of imide groups is 1. The molecule has 3 aromatic carbocycles. The van der Waals surface area contributed by atoms with Crippen LogP contribution in [0.25, 0.3) is 0 Å². The summed E-state index contributed by atoms with van der Waals surface area (Å²) in [4.78, 5) is 50.3. The van der Waals surface area contributed by atoms with Gasteiger partial charge in [0, 0.05) is 28.4 Å². The standard InChI is InChI=1S/C27H21Cl2N3O4/c1-16(33)18-10-12-21(13-11-18)31-25(34)19-8-6-17(7-9-19)14-30-24-23(29)26(35)32(27(24)36)15-20-4-2-3-5-22(20)28/h2-13,30H,14-15H2,1H3,(H,31,34). The summed E-state index contributed by atoms with van der Waals surface area (Å²) in [6.07, 6.45) is 0. The summed E-state index contributed by atoms with van der Waals surface area (Å²) in [6.45, 7) is 1.71. The summed E-state index contributed by atoms with van der Waals surface area (Å²) in [5.41, 5.74) is 3.00. The average molecular weight is 522 g/mol. The van der Waals surface area contributed by atoms with Gasteiger partial charge >= 0.3 is 0 Å². The third-order valence-electron chi connectivity index (χ3n) is 5.63. The Balaban J connectivity index is 1.36. The zero-order chi connectivity index (χ0) is 25.8. The number of nitrogens with zero attached hydrogens (tertiary/aromatic N) is 1. The van der Waals surface area contributed by atoms with E-state index in [1.54, 1.807) is 72.8 Å². The fraction of sp³-hybridized carbons (Fsp3) is 0.111. The lowest BCUT2D eigenvalue weighted by molar-refractivity contribution is -0.138. The molecule has 0 bridgehead atoms. The molecule has 0 spiro atoms. The number of amides is 3. The van der Waals surface area contributed by atoms with Crippen molar-refractivity contribution >= 4 is 52.4 Å². The van der Waals surface area contributed by atoms with Crippen LogP contribution in [-0.4, -0.2) is 28.4 Å². The lowest BCUT2D eigenvalue weighted by Crippen LogP contribution is -2.33. The Kier molecular flexibility index (Phi) is 7.52. The van der Waals surface area contributed by atoms with Gasteiger partial charge in [-0.15, -0.1) is 0 Å². The van der Waals surface area contributed by atoms with Gasteiger partial charge in [-0.2, -0.15) is 0 Å². The molecule has 3 aromatic rings. The topological polar surface area (TPSA) is 95.6 Å². The van der Waals surface area contributed by atoms with Crippen molar-refractivity contribution in [1.29, 1.82) is 0 Å². The molecule has 182 valence electrons. The summed E-state index contributed by atoms with van der Waals surface area (Å²) in [5, 5.41) is 5.98. The summed E-state index contributed by atoms with van der Waals surface area (Å²) >= 11 is 12.3. The molecule has 0 atom stereocenters. The van der Waals surface area contributed by atoms with Gasteiger partial charge in [0.15, 0.2) is 5.78 Å². The van der Waals surface area contributed by atoms with Crippen molar-refractivity contribution in [3.8, 4) is 0 Å². The van der Waals surface area contributed by atoms with Gasteiger partial charge < -0.3 is 10.6 Å². The Morgan fingerprint density at radius 3 is 2.11 bits per heavy atom. The van der Waals surface area contributed by atoms with E-state index in [0.29, 0.717) is 27.4 Å². The molecule has 7 nitrogen and oxygen atoms in total. The highest BCUT2D eigenvalue weighted by molar-refractivity contribution is 6.47. The van der Waals surface area contributed by atoms with E-state index in [-0.39, 0.29) is 35.5 Å². The molecule has 0 unspecified atom stereocenters. The Morgan fingerprint density at radius 2 is 1.47 bits per heavy atom. The second kappa shape index (κ2) is 10.8. The van der Waals surface area contributed by atoms with E-state index in [1.165, 1.54) is 6.92 Å². The Labute approximate surface area is 217 Å². The van der Waals surface area contributed by atoms with E-state index in [2.05, 4.69) is 10.6 Å². The summed E-state index contributed by atoms with van der Waals surface area (Å²) in [7, 11) is 0. The number of halogens is 2. The molecule has 1 heterocycles. The first-order valence-electron chi connectivity index (χ1n) is 11.0. The average Bonchev–Trinajstić information content (AvgIpc) is 3.07. The largest absolute Gasteiger partial charge is 0.375 e. The summed E-state index contributed by atoms with van der Waals surface area (Å²) in [6, 6.07) is 20.4. The second-order valence-electron chi connectivity index (χ2n) is 8.11. The van der Waals surface area contributed by atoms with E-state index in [1.807, 2.05) is 0 Å².